The molecule has 2 rings (SSSR count). The van der Waals surface area contributed by atoms with E-state index in [1.807, 2.05) is 37.3 Å². The highest BCUT2D eigenvalue weighted by Gasteiger charge is 2.10. The fourth-order valence-corrected chi connectivity index (χ4v) is 3.08. The van der Waals surface area contributed by atoms with Gasteiger partial charge in [0.1, 0.15) is 0 Å². The van der Waals surface area contributed by atoms with Crippen LogP contribution in [0, 0.1) is 0 Å². The number of benzene rings is 1. The summed E-state index contributed by atoms with van der Waals surface area (Å²) in [5.41, 5.74) is 2.25. The molecule has 0 atom stereocenters. The first-order valence-corrected chi connectivity index (χ1v) is 9.26. The van der Waals surface area contributed by atoms with Crippen LogP contribution in [0.5, 0.6) is 0 Å². The van der Waals surface area contributed by atoms with Crippen molar-refractivity contribution in [2.45, 2.75) is 33.5 Å². The first-order valence-electron chi connectivity index (χ1n) is 8.38. The lowest BCUT2D eigenvalue weighted by Gasteiger charge is -2.19. The minimum Gasteiger partial charge on any atom is -0.377 e. The monoisotopic (exact) mass is 346 g/mol. The Balaban J connectivity index is 1.75. The van der Waals surface area contributed by atoms with E-state index in [-0.39, 0.29) is 5.91 Å². The number of hydrogen-bond acceptors (Lipinski definition) is 4. The van der Waals surface area contributed by atoms with Gasteiger partial charge in [0.15, 0.2) is 0 Å². The second kappa shape index (κ2) is 10.2. The highest BCUT2D eigenvalue weighted by molar-refractivity contribution is 7.09. The fraction of sp³-hybridized carbons (Fsp3) is 0.421. The number of rotatable bonds is 10. The summed E-state index contributed by atoms with van der Waals surface area (Å²) in [5, 5.41) is 5.07. The lowest BCUT2D eigenvalue weighted by molar-refractivity contribution is -0.122. The van der Waals surface area contributed by atoms with Crippen LogP contribution in [0.15, 0.2) is 41.8 Å². The Morgan fingerprint density at radius 1 is 1.17 bits per heavy atom. The molecule has 24 heavy (non-hydrogen) atoms. The van der Waals surface area contributed by atoms with Gasteiger partial charge < -0.3 is 10.1 Å². The van der Waals surface area contributed by atoms with Crippen molar-refractivity contribution < 1.29 is 9.53 Å². The second-order valence-electron chi connectivity index (χ2n) is 5.61. The summed E-state index contributed by atoms with van der Waals surface area (Å²) >= 11 is 1.73. The molecular formula is C19H26N2O2S. The van der Waals surface area contributed by atoms with Crippen LogP contribution < -0.4 is 5.32 Å². The number of likely N-dealkylation sites (N-methyl/N-ethyl adjacent to an activating group) is 1. The van der Waals surface area contributed by atoms with Gasteiger partial charge in [-0.2, -0.15) is 0 Å². The molecule has 5 heteroatoms. The maximum Gasteiger partial charge on any atom is 0.234 e. The van der Waals surface area contributed by atoms with Gasteiger partial charge in [-0.15, -0.1) is 11.3 Å². The first-order chi connectivity index (χ1) is 11.7. The quantitative estimate of drug-likeness (QED) is 0.717. The molecule has 0 aliphatic carbocycles. The zero-order valence-electron chi connectivity index (χ0n) is 14.5. The summed E-state index contributed by atoms with van der Waals surface area (Å²) in [6.45, 7) is 8.10. The highest BCUT2D eigenvalue weighted by Crippen LogP contribution is 2.11. The standard InChI is InChI=1S/C19H26N2O2S/c1-3-21(13-18-6-5-11-24-18)14-19(22)20-12-16-7-9-17(10-8-16)15-23-4-2/h5-11H,3-4,12-15H2,1-2H3,(H,20,22). The molecule has 1 amide bonds. The van der Waals surface area contributed by atoms with Gasteiger partial charge in [0, 0.05) is 24.6 Å². The van der Waals surface area contributed by atoms with Crippen molar-refractivity contribution in [1.82, 2.24) is 10.2 Å². The Bertz CT molecular complexity index is 596. The Morgan fingerprint density at radius 2 is 1.92 bits per heavy atom. The van der Waals surface area contributed by atoms with Crippen LogP contribution in [0.4, 0.5) is 0 Å². The van der Waals surface area contributed by atoms with Gasteiger partial charge in [-0.3, -0.25) is 9.69 Å². The van der Waals surface area contributed by atoms with Gasteiger partial charge in [-0.25, -0.2) is 0 Å². The smallest absolute Gasteiger partial charge is 0.234 e. The molecule has 0 spiro atoms. The van der Waals surface area contributed by atoms with Crippen LogP contribution in [-0.4, -0.2) is 30.5 Å². The molecule has 0 saturated heterocycles. The molecule has 0 bridgehead atoms. The second-order valence-corrected chi connectivity index (χ2v) is 6.65. The normalized spacial score (nSPS) is 11.0. The Kier molecular flexibility index (Phi) is 7.95. The van der Waals surface area contributed by atoms with Gasteiger partial charge in [-0.05, 0) is 36.0 Å². The third-order valence-corrected chi connectivity index (χ3v) is 4.62. The third-order valence-electron chi connectivity index (χ3n) is 3.76. The van der Waals surface area contributed by atoms with Crippen molar-refractivity contribution in [3.8, 4) is 0 Å². The number of thiophene rings is 1. The zero-order valence-corrected chi connectivity index (χ0v) is 15.3. The molecule has 1 N–H and O–H groups in total. The van der Waals surface area contributed by atoms with Crippen LogP contribution >= 0.6 is 11.3 Å². The number of nitrogens with one attached hydrogen (secondary N) is 1. The predicted octanol–water partition coefficient (Wildman–Crippen LogP) is 3.42. The Labute approximate surface area is 148 Å². The molecule has 0 saturated carbocycles. The van der Waals surface area contributed by atoms with Crippen LogP contribution in [0.3, 0.4) is 0 Å². The Morgan fingerprint density at radius 3 is 2.54 bits per heavy atom. The van der Waals surface area contributed by atoms with Gasteiger partial charge in [0.2, 0.25) is 5.91 Å². The summed E-state index contributed by atoms with van der Waals surface area (Å²) in [6, 6.07) is 12.3. The maximum atomic E-state index is 12.2. The molecule has 4 nitrogen and oxygen atoms in total. The van der Waals surface area contributed by atoms with E-state index >= 15 is 0 Å². The SMILES string of the molecule is CCOCc1ccc(CNC(=O)CN(CC)Cc2cccs2)cc1. The van der Waals surface area contributed by atoms with E-state index in [1.54, 1.807) is 11.3 Å². The van der Waals surface area contributed by atoms with Crippen molar-refractivity contribution >= 4 is 17.2 Å². The van der Waals surface area contributed by atoms with Crippen molar-refractivity contribution in [3.63, 3.8) is 0 Å². The third kappa shape index (κ3) is 6.43. The van der Waals surface area contributed by atoms with E-state index < -0.39 is 0 Å². The molecule has 0 unspecified atom stereocenters. The van der Waals surface area contributed by atoms with Gasteiger partial charge >= 0.3 is 0 Å². The summed E-state index contributed by atoms with van der Waals surface area (Å²) < 4.78 is 5.38. The minimum atomic E-state index is 0.0619. The minimum absolute atomic E-state index is 0.0619. The van der Waals surface area contributed by atoms with E-state index in [0.717, 1.165) is 30.8 Å². The van der Waals surface area contributed by atoms with Gasteiger partial charge in [0.25, 0.3) is 0 Å². The summed E-state index contributed by atoms with van der Waals surface area (Å²) in [5.74, 6) is 0.0619. The first kappa shape index (κ1) is 18.6. The topological polar surface area (TPSA) is 41.6 Å². The molecule has 0 aliphatic heterocycles. The summed E-state index contributed by atoms with van der Waals surface area (Å²) in [7, 11) is 0. The van der Waals surface area contributed by atoms with Crippen LogP contribution in [0.1, 0.15) is 29.9 Å². The number of ether oxygens (including phenoxy) is 1. The summed E-state index contributed by atoms with van der Waals surface area (Å²) in [4.78, 5) is 15.6. The van der Waals surface area contributed by atoms with Crippen molar-refractivity contribution in [3.05, 3.63) is 57.8 Å². The summed E-state index contributed by atoms with van der Waals surface area (Å²) in [6.07, 6.45) is 0. The lowest BCUT2D eigenvalue weighted by Crippen LogP contribution is -2.36. The molecule has 0 radical (unpaired) electrons. The van der Waals surface area contributed by atoms with Crippen molar-refractivity contribution in [2.24, 2.45) is 0 Å². The van der Waals surface area contributed by atoms with Gasteiger partial charge in [0.05, 0.1) is 13.2 Å². The molecule has 0 fully saturated rings. The van der Waals surface area contributed by atoms with Crippen LogP contribution in [0.2, 0.25) is 0 Å². The number of amides is 1. The molecular weight excluding hydrogens is 320 g/mol. The average Bonchev–Trinajstić information content (AvgIpc) is 3.11. The highest BCUT2D eigenvalue weighted by atomic mass is 32.1. The molecule has 0 aliphatic rings. The van der Waals surface area contributed by atoms with E-state index in [2.05, 4.69) is 28.6 Å². The van der Waals surface area contributed by atoms with E-state index in [4.69, 9.17) is 4.74 Å². The van der Waals surface area contributed by atoms with E-state index in [9.17, 15) is 4.79 Å². The molecule has 1 aromatic carbocycles. The maximum absolute atomic E-state index is 12.2. The fourth-order valence-electron chi connectivity index (χ4n) is 2.34. The van der Waals surface area contributed by atoms with E-state index in [1.165, 1.54) is 4.88 Å². The van der Waals surface area contributed by atoms with Gasteiger partial charge in [-0.1, -0.05) is 37.3 Å². The lowest BCUT2D eigenvalue weighted by atomic mass is 10.1. The van der Waals surface area contributed by atoms with E-state index in [0.29, 0.717) is 19.7 Å². The predicted molar refractivity (Wildman–Crippen MR) is 98.9 cm³/mol. The van der Waals surface area contributed by atoms with Crippen LogP contribution in [0.25, 0.3) is 0 Å². The van der Waals surface area contributed by atoms with Crippen molar-refractivity contribution in [1.29, 1.82) is 0 Å². The molecule has 1 heterocycles. The largest absolute Gasteiger partial charge is 0.377 e. The van der Waals surface area contributed by atoms with Crippen molar-refractivity contribution in [2.75, 3.05) is 19.7 Å². The number of hydrogen-bond donors (Lipinski definition) is 1. The molecule has 2 aromatic rings. The zero-order chi connectivity index (χ0) is 17.2. The number of nitrogens with zero attached hydrogens (tertiary/aromatic N) is 1. The van der Waals surface area contributed by atoms with Crippen LogP contribution in [-0.2, 0) is 29.2 Å². The number of carbonyl (C=O) groups is 1. The molecule has 1 aromatic heterocycles. The molecule has 130 valence electrons. The number of carbonyl (C=O) groups excluding carboxylic acids is 1. The average molecular weight is 346 g/mol. The Hall–Kier alpha value is -1.69.